The molecule has 2 aromatic carbocycles. The first-order chi connectivity index (χ1) is 14.9. The Morgan fingerprint density at radius 2 is 1.84 bits per heavy atom. The van der Waals surface area contributed by atoms with Crippen LogP contribution >= 0.6 is 11.3 Å². The van der Waals surface area contributed by atoms with Gasteiger partial charge in [-0.25, -0.2) is 9.79 Å². The maximum Gasteiger partial charge on any atom is 0.338 e. The minimum absolute atomic E-state index is 0.160. The van der Waals surface area contributed by atoms with Crippen molar-refractivity contribution in [3.8, 4) is 5.75 Å². The number of thiazole rings is 1. The molecule has 0 amide bonds. The minimum Gasteiger partial charge on any atom is -0.508 e. The quantitative estimate of drug-likeness (QED) is 0.641. The highest BCUT2D eigenvalue weighted by Gasteiger charge is 2.33. The summed E-state index contributed by atoms with van der Waals surface area (Å²) >= 11 is 1.27. The van der Waals surface area contributed by atoms with E-state index in [0.717, 1.165) is 16.7 Å². The van der Waals surface area contributed by atoms with Crippen LogP contribution in [0.2, 0.25) is 0 Å². The molecule has 4 rings (SSSR count). The van der Waals surface area contributed by atoms with E-state index in [0.29, 0.717) is 20.6 Å². The van der Waals surface area contributed by atoms with Crippen LogP contribution in [0.5, 0.6) is 5.75 Å². The second kappa shape index (κ2) is 8.35. The molecule has 3 aromatic rings. The van der Waals surface area contributed by atoms with Gasteiger partial charge in [-0.1, -0.05) is 53.3 Å². The average molecular weight is 435 g/mol. The fourth-order valence-electron chi connectivity index (χ4n) is 3.58. The van der Waals surface area contributed by atoms with Crippen LogP contribution in [0.15, 0.2) is 69.6 Å². The van der Waals surface area contributed by atoms with Gasteiger partial charge in [0, 0.05) is 0 Å². The zero-order chi connectivity index (χ0) is 22.1. The standard InChI is InChI=1S/C24H22N2O4S/c1-4-30-23(29)20-15(3)25-24-26(21(20)17-9-5-14(2)6-10-17)22(28)19(31-24)13-16-7-11-18(27)12-8-16/h5-13,21,27H,4H2,1-3H3/b19-13-/t21-/m0/s1. The van der Waals surface area contributed by atoms with Crippen molar-refractivity contribution >= 4 is 23.4 Å². The summed E-state index contributed by atoms with van der Waals surface area (Å²) < 4.78 is 7.37. The van der Waals surface area contributed by atoms with Gasteiger partial charge in [0.1, 0.15) is 5.75 Å². The molecule has 31 heavy (non-hydrogen) atoms. The van der Waals surface area contributed by atoms with Crippen LogP contribution in [-0.4, -0.2) is 22.2 Å². The van der Waals surface area contributed by atoms with Crippen molar-refractivity contribution in [2.45, 2.75) is 26.8 Å². The Labute approximate surface area is 183 Å². The number of phenols is 1. The van der Waals surface area contributed by atoms with E-state index in [1.807, 2.05) is 31.2 Å². The SMILES string of the molecule is CCOC(=O)C1=C(C)N=c2s/c(=C\c3ccc(O)cc3)c(=O)n2[C@H]1c1ccc(C)cc1. The van der Waals surface area contributed by atoms with Gasteiger partial charge in [-0.05, 0) is 50.1 Å². The Balaban J connectivity index is 1.94. The summed E-state index contributed by atoms with van der Waals surface area (Å²) in [6.07, 6.45) is 1.76. The summed E-state index contributed by atoms with van der Waals surface area (Å²) in [5.74, 6) is -0.310. The van der Waals surface area contributed by atoms with Crippen LogP contribution in [0.25, 0.3) is 6.08 Å². The number of aromatic nitrogens is 1. The second-order valence-electron chi connectivity index (χ2n) is 7.30. The molecule has 0 saturated heterocycles. The second-order valence-corrected chi connectivity index (χ2v) is 8.31. The van der Waals surface area contributed by atoms with Crippen molar-refractivity contribution in [1.82, 2.24) is 4.57 Å². The molecule has 7 heteroatoms. The molecule has 1 aromatic heterocycles. The number of esters is 1. The molecule has 0 unspecified atom stereocenters. The number of carbonyl (C=O) groups excluding carboxylic acids is 1. The summed E-state index contributed by atoms with van der Waals surface area (Å²) in [6.45, 7) is 5.74. The molecule has 1 N–H and O–H groups in total. The molecule has 158 valence electrons. The first kappa shape index (κ1) is 20.8. The monoisotopic (exact) mass is 434 g/mol. The molecule has 1 aliphatic rings. The van der Waals surface area contributed by atoms with Crippen molar-refractivity contribution in [1.29, 1.82) is 0 Å². The molecule has 0 bridgehead atoms. The summed E-state index contributed by atoms with van der Waals surface area (Å²) in [6, 6.07) is 13.8. The highest BCUT2D eigenvalue weighted by Crippen LogP contribution is 2.30. The van der Waals surface area contributed by atoms with Gasteiger partial charge < -0.3 is 9.84 Å². The number of rotatable bonds is 4. The lowest BCUT2D eigenvalue weighted by molar-refractivity contribution is -0.139. The fourth-order valence-corrected chi connectivity index (χ4v) is 4.62. The highest BCUT2D eigenvalue weighted by molar-refractivity contribution is 7.07. The number of ether oxygens (including phenoxy) is 1. The molecule has 0 saturated carbocycles. The Morgan fingerprint density at radius 3 is 2.48 bits per heavy atom. The number of aromatic hydroxyl groups is 1. The number of fused-ring (bicyclic) bond motifs is 1. The summed E-state index contributed by atoms with van der Waals surface area (Å²) in [5.41, 5.74) is 3.38. The third kappa shape index (κ3) is 3.96. The van der Waals surface area contributed by atoms with Crippen LogP contribution in [0.3, 0.4) is 0 Å². The summed E-state index contributed by atoms with van der Waals surface area (Å²) in [7, 11) is 0. The normalized spacial score (nSPS) is 16.1. The van der Waals surface area contributed by atoms with Crippen LogP contribution in [0.1, 0.15) is 36.6 Å². The minimum atomic E-state index is -0.613. The molecular formula is C24H22N2O4S. The topological polar surface area (TPSA) is 80.9 Å². The first-order valence-electron chi connectivity index (χ1n) is 9.94. The molecule has 0 fully saturated rings. The molecule has 0 spiro atoms. The number of phenolic OH excluding ortho intramolecular Hbond substituents is 1. The number of allylic oxidation sites excluding steroid dienone is 1. The summed E-state index contributed by atoms with van der Waals surface area (Å²) in [4.78, 5) is 31.3. The lowest BCUT2D eigenvalue weighted by Gasteiger charge is -2.24. The van der Waals surface area contributed by atoms with E-state index in [2.05, 4.69) is 4.99 Å². The van der Waals surface area contributed by atoms with E-state index in [9.17, 15) is 14.7 Å². The molecule has 0 radical (unpaired) electrons. The van der Waals surface area contributed by atoms with Gasteiger partial charge in [0.05, 0.1) is 28.5 Å². The van der Waals surface area contributed by atoms with Crippen LogP contribution in [-0.2, 0) is 9.53 Å². The van der Waals surface area contributed by atoms with E-state index < -0.39 is 12.0 Å². The summed E-state index contributed by atoms with van der Waals surface area (Å²) in [5, 5.41) is 9.50. The van der Waals surface area contributed by atoms with Gasteiger partial charge in [-0.3, -0.25) is 9.36 Å². The third-order valence-corrected chi connectivity index (χ3v) is 6.08. The Kier molecular flexibility index (Phi) is 5.61. The van der Waals surface area contributed by atoms with E-state index >= 15 is 0 Å². The first-order valence-corrected chi connectivity index (χ1v) is 10.8. The van der Waals surface area contributed by atoms with E-state index in [-0.39, 0.29) is 17.9 Å². The van der Waals surface area contributed by atoms with E-state index in [4.69, 9.17) is 4.74 Å². The lowest BCUT2D eigenvalue weighted by Crippen LogP contribution is -2.39. The Bertz CT molecular complexity index is 1350. The van der Waals surface area contributed by atoms with Crippen LogP contribution in [0.4, 0.5) is 0 Å². The molecule has 6 nitrogen and oxygen atoms in total. The fraction of sp³-hybridized carbons (Fsp3) is 0.208. The number of benzene rings is 2. The molecular weight excluding hydrogens is 412 g/mol. The zero-order valence-electron chi connectivity index (χ0n) is 17.5. The van der Waals surface area contributed by atoms with Crippen molar-refractivity contribution in [3.05, 3.63) is 96.2 Å². The highest BCUT2D eigenvalue weighted by atomic mass is 32.1. The number of hydrogen-bond donors (Lipinski definition) is 1. The largest absolute Gasteiger partial charge is 0.508 e. The number of aryl methyl sites for hydroxylation is 1. The maximum atomic E-state index is 13.4. The number of hydrogen-bond acceptors (Lipinski definition) is 6. The predicted molar refractivity (Wildman–Crippen MR) is 120 cm³/mol. The van der Waals surface area contributed by atoms with Crippen molar-refractivity contribution in [3.63, 3.8) is 0 Å². The van der Waals surface area contributed by atoms with Gasteiger partial charge >= 0.3 is 5.97 Å². The number of carbonyl (C=O) groups is 1. The Hall–Kier alpha value is -3.45. The predicted octanol–water partition coefficient (Wildman–Crippen LogP) is 2.81. The smallest absolute Gasteiger partial charge is 0.338 e. The Morgan fingerprint density at radius 1 is 1.16 bits per heavy atom. The molecule has 1 atom stereocenters. The van der Waals surface area contributed by atoms with Gasteiger partial charge in [-0.2, -0.15) is 0 Å². The molecule has 2 heterocycles. The van der Waals surface area contributed by atoms with Gasteiger partial charge in [0.25, 0.3) is 5.56 Å². The average Bonchev–Trinajstić information content (AvgIpc) is 3.04. The molecule has 1 aliphatic heterocycles. The van der Waals surface area contributed by atoms with Crippen molar-refractivity contribution < 1.29 is 14.6 Å². The lowest BCUT2D eigenvalue weighted by atomic mass is 9.95. The van der Waals surface area contributed by atoms with E-state index in [1.54, 1.807) is 48.8 Å². The third-order valence-electron chi connectivity index (χ3n) is 5.10. The van der Waals surface area contributed by atoms with Gasteiger partial charge in [0.2, 0.25) is 0 Å². The van der Waals surface area contributed by atoms with Gasteiger partial charge in [0.15, 0.2) is 4.80 Å². The maximum absolute atomic E-state index is 13.4. The van der Waals surface area contributed by atoms with E-state index in [1.165, 1.54) is 11.3 Å². The zero-order valence-corrected chi connectivity index (χ0v) is 18.3. The van der Waals surface area contributed by atoms with Crippen molar-refractivity contribution in [2.75, 3.05) is 6.61 Å². The van der Waals surface area contributed by atoms with Crippen LogP contribution < -0.4 is 14.9 Å². The molecule has 0 aliphatic carbocycles. The van der Waals surface area contributed by atoms with Gasteiger partial charge in [-0.15, -0.1) is 0 Å². The van der Waals surface area contributed by atoms with Crippen molar-refractivity contribution in [2.24, 2.45) is 4.99 Å². The number of nitrogens with zero attached hydrogens (tertiary/aromatic N) is 2. The van der Waals surface area contributed by atoms with Crippen LogP contribution in [0, 0.1) is 6.92 Å².